The number of nitrogens with zero attached hydrogens (tertiary/aromatic N) is 1. The molecule has 0 saturated heterocycles. The fourth-order valence-corrected chi connectivity index (χ4v) is 2.84. The summed E-state index contributed by atoms with van der Waals surface area (Å²) in [5.41, 5.74) is 6.47. The van der Waals surface area contributed by atoms with E-state index in [1.807, 2.05) is 37.3 Å². The van der Waals surface area contributed by atoms with E-state index in [-0.39, 0.29) is 5.91 Å². The summed E-state index contributed by atoms with van der Waals surface area (Å²) < 4.78 is 5.61. The van der Waals surface area contributed by atoms with Crippen molar-refractivity contribution in [3.8, 4) is 5.75 Å². The first-order valence-electron chi connectivity index (χ1n) is 6.87. The van der Waals surface area contributed by atoms with E-state index in [9.17, 15) is 4.79 Å². The number of anilines is 1. The molecule has 0 aliphatic heterocycles. The first-order chi connectivity index (χ1) is 10.1. The van der Waals surface area contributed by atoms with E-state index in [2.05, 4.69) is 0 Å². The van der Waals surface area contributed by atoms with Crippen molar-refractivity contribution in [1.82, 2.24) is 4.90 Å². The highest BCUT2D eigenvalue weighted by Crippen LogP contribution is 2.24. The normalized spacial score (nSPS) is 10.4. The van der Waals surface area contributed by atoms with Gasteiger partial charge in [0.25, 0.3) is 5.91 Å². The number of benzene rings is 1. The number of para-hydroxylation sites is 1. The molecule has 0 spiro atoms. The lowest BCUT2D eigenvalue weighted by molar-refractivity contribution is 0.0792. The molecule has 5 heteroatoms. The maximum Gasteiger partial charge on any atom is 0.263 e. The predicted molar refractivity (Wildman–Crippen MR) is 87.0 cm³/mol. The molecule has 1 heterocycles. The van der Waals surface area contributed by atoms with Gasteiger partial charge in [-0.2, -0.15) is 0 Å². The average Bonchev–Trinajstić information content (AvgIpc) is 2.83. The standard InChI is InChI=1S/C16H20N2O2S/c1-12-14(17)11-15(21-12)16(19)18(2)9-6-10-20-13-7-4-3-5-8-13/h3-5,7-8,11H,6,9-10,17H2,1-2H3. The van der Waals surface area contributed by atoms with Gasteiger partial charge in [-0.1, -0.05) is 18.2 Å². The first-order valence-corrected chi connectivity index (χ1v) is 7.69. The lowest BCUT2D eigenvalue weighted by atomic mass is 10.3. The van der Waals surface area contributed by atoms with Gasteiger partial charge in [0.1, 0.15) is 5.75 Å². The molecule has 0 aliphatic carbocycles. The number of thiophene rings is 1. The van der Waals surface area contributed by atoms with E-state index < -0.39 is 0 Å². The van der Waals surface area contributed by atoms with Crippen LogP contribution in [0.5, 0.6) is 5.75 Å². The van der Waals surface area contributed by atoms with E-state index in [0.717, 1.165) is 17.0 Å². The van der Waals surface area contributed by atoms with E-state index >= 15 is 0 Å². The third-order valence-corrected chi connectivity index (χ3v) is 4.22. The summed E-state index contributed by atoms with van der Waals surface area (Å²) >= 11 is 1.44. The minimum Gasteiger partial charge on any atom is -0.494 e. The Hall–Kier alpha value is -2.01. The van der Waals surface area contributed by atoms with Crippen molar-refractivity contribution in [2.45, 2.75) is 13.3 Å². The topological polar surface area (TPSA) is 55.6 Å². The Bertz CT molecular complexity index is 576. The van der Waals surface area contributed by atoms with Crippen molar-refractivity contribution in [3.05, 3.63) is 46.2 Å². The molecule has 0 aliphatic rings. The van der Waals surface area contributed by atoms with E-state index in [0.29, 0.717) is 23.7 Å². The summed E-state index contributed by atoms with van der Waals surface area (Å²) in [5, 5.41) is 0. The smallest absolute Gasteiger partial charge is 0.263 e. The SMILES string of the molecule is Cc1sc(C(=O)N(C)CCCOc2ccccc2)cc1N. The molecule has 1 aromatic carbocycles. The largest absolute Gasteiger partial charge is 0.494 e. The highest BCUT2D eigenvalue weighted by atomic mass is 32.1. The molecule has 2 N–H and O–H groups in total. The zero-order chi connectivity index (χ0) is 15.2. The Kier molecular flexibility index (Phi) is 5.22. The second kappa shape index (κ2) is 7.13. The van der Waals surface area contributed by atoms with Crippen LogP contribution in [0.15, 0.2) is 36.4 Å². The van der Waals surface area contributed by atoms with Gasteiger partial charge in [-0.05, 0) is 31.5 Å². The molecule has 0 radical (unpaired) electrons. The van der Waals surface area contributed by atoms with Crippen molar-refractivity contribution in [3.63, 3.8) is 0 Å². The predicted octanol–water partition coefficient (Wildman–Crippen LogP) is 3.18. The zero-order valence-electron chi connectivity index (χ0n) is 12.3. The number of rotatable bonds is 6. The Morgan fingerprint density at radius 2 is 2.05 bits per heavy atom. The molecular formula is C16H20N2O2S. The molecule has 112 valence electrons. The van der Waals surface area contributed by atoms with Gasteiger partial charge >= 0.3 is 0 Å². The number of carbonyl (C=O) groups excluding carboxylic acids is 1. The first kappa shape index (κ1) is 15.4. The molecule has 0 bridgehead atoms. The van der Waals surface area contributed by atoms with E-state index in [1.54, 1.807) is 18.0 Å². The second-order valence-corrected chi connectivity index (χ2v) is 6.12. The van der Waals surface area contributed by atoms with Crippen molar-refractivity contribution in [2.75, 3.05) is 25.9 Å². The Labute approximate surface area is 129 Å². The van der Waals surface area contributed by atoms with Crippen molar-refractivity contribution < 1.29 is 9.53 Å². The Balaban J connectivity index is 1.76. The molecule has 0 unspecified atom stereocenters. The number of amides is 1. The number of hydrogen-bond acceptors (Lipinski definition) is 4. The maximum atomic E-state index is 12.2. The molecule has 0 saturated carbocycles. The van der Waals surface area contributed by atoms with Crippen molar-refractivity contribution in [2.24, 2.45) is 0 Å². The summed E-state index contributed by atoms with van der Waals surface area (Å²) in [6.07, 6.45) is 0.789. The molecule has 0 fully saturated rings. The maximum absolute atomic E-state index is 12.2. The third kappa shape index (κ3) is 4.23. The van der Waals surface area contributed by atoms with E-state index in [1.165, 1.54) is 11.3 Å². The van der Waals surface area contributed by atoms with Crippen LogP contribution < -0.4 is 10.5 Å². The minimum atomic E-state index is 0.0134. The van der Waals surface area contributed by atoms with Crippen LogP contribution in [-0.4, -0.2) is 31.0 Å². The molecule has 2 aromatic rings. The fourth-order valence-electron chi connectivity index (χ4n) is 1.90. The van der Waals surface area contributed by atoms with Gasteiger partial charge in [0.15, 0.2) is 0 Å². The molecule has 0 atom stereocenters. The van der Waals surface area contributed by atoms with Gasteiger partial charge < -0.3 is 15.4 Å². The lowest BCUT2D eigenvalue weighted by Crippen LogP contribution is -2.28. The van der Waals surface area contributed by atoms with Gasteiger partial charge in [0, 0.05) is 24.2 Å². The van der Waals surface area contributed by atoms with Crippen LogP contribution in [0.1, 0.15) is 21.0 Å². The minimum absolute atomic E-state index is 0.0134. The number of aryl methyl sites for hydroxylation is 1. The lowest BCUT2D eigenvalue weighted by Gasteiger charge is -2.16. The van der Waals surface area contributed by atoms with Gasteiger partial charge in [-0.25, -0.2) is 0 Å². The number of nitrogen functional groups attached to an aromatic ring is 1. The van der Waals surface area contributed by atoms with Crippen LogP contribution in [0.4, 0.5) is 5.69 Å². The van der Waals surface area contributed by atoms with Crippen molar-refractivity contribution >= 4 is 22.9 Å². The summed E-state index contributed by atoms with van der Waals surface area (Å²) in [6, 6.07) is 11.4. The molecule has 1 aromatic heterocycles. The van der Waals surface area contributed by atoms with Gasteiger partial charge in [0.05, 0.1) is 11.5 Å². The third-order valence-electron chi connectivity index (χ3n) is 3.16. The summed E-state index contributed by atoms with van der Waals surface area (Å²) in [7, 11) is 1.80. The zero-order valence-corrected chi connectivity index (χ0v) is 13.2. The molecule has 2 rings (SSSR count). The fraction of sp³-hybridized carbons (Fsp3) is 0.312. The van der Waals surface area contributed by atoms with Crippen LogP contribution in [-0.2, 0) is 0 Å². The number of carbonyl (C=O) groups is 1. The van der Waals surface area contributed by atoms with Gasteiger partial charge in [0.2, 0.25) is 0 Å². The quantitative estimate of drug-likeness (QED) is 0.834. The van der Waals surface area contributed by atoms with Crippen LogP contribution in [0.3, 0.4) is 0 Å². The highest BCUT2D eigenvalue weighted by molar-refractivity contribution is 7.14. The van der Waals surface area contributed by atoms with Crippen molar-refractivity contribution in [1.29, 1.82) is 0 Å². The number of nitrogens with two attached hydrogens (primary N) is 1. The molecular weight excluding hydrogens is 284 g/mol. The number of hydrogen-bond donors (Lipinski definition) is 1. The monoisotopic (exact) mass is 304 g/mol. The summed E-state index contributed by atoms with van der Waals surface area (Å²) in [6.45, 7) is 3.17. The molecule has 4 nitrogen and oxygen atoms in total. The number of ether oxygens (including phenoxy) is 1. The van der Waals surface area contributed by atoms with Crippen LogP contribution >= 0.6 is 11.3 Å². The average molecular weight is 304 g/mol. The van der Waals surface area contributed by atoms with Gasteiger partial charge in [-0.3, -0.25) is 4.79 Å². The molecule has 21 heavy (non-hydrogen) atoms. The van der Waals surface area contributed by atoms with E-state index in [4.69, 9.17) is 10.5 Å². The van der Waals surface area contributed by atoms with Crippen LogP contribution in [0, 0.1) is 6.92 Å². The highest BCUT2D eigenvalue weighted by Gasteiger charge is 2.15. The summed E-state index contributed by atoms with van der Waals surface area (Å²) in [4.78, 5) is 15.6. The van der Waals surface area contributed by atoms with Crippen LogP contribution in [0.2, 0.25) is 0 Å². The summed E-state index contributed by atoms with van der Waals surface area (Å²) in [5.74, 6) is 0.868. The Morgan fingerprint density at radius 1 is 1.33 bits per heavy atom. The Morgan fingerprint density at radius 3 is 2.67 bits per heavy atom. The molecule has 1 amide bonds. The van der Waals surface area contributed by atoms with Crippen LogP contribution in [0.25, 0.3) is 0 Å². The van der Waals surface area contributed by atoms with Gasteiger partial charge in [-0.15, -0.1) is 11.3 Å². The second-order valence-electron chi connectivity index (χ2n) is 4.86.